The molecule has 4 aromatic rings. The zero-order valence-corrected chi connectivity index (χ0v) is 13.0. The van der Waals surface area contributed by atoms with Gasteiger partial charge >= 0.3 is 7.12 Å². The van der Waals surface area contributed by atoms with E-state index in [0.717, 1.165) is 16.9 Å². The molecule has 0 atom stereocenters. The largest absolute Gasteiger partial charge is 0.488 e. The predicted octanol–water partition coefficient (Wildman–Crippen LogP) is 2.37. The first kappa shape index (κ1) is 16.0. The molecule has 2 aromatic heterocycles. The topological polar surface area (TPSA) is 57.8 Å². The second kappa shape index (κ2) is 7.59. The number of pyridine rings is 1. The molecule has 0 radical (unpaired) electrons. The maximum absolute atomic E-state index is 8.58. The first-order valence-electron chi connectivity index (χ1n) is 7.64. The summed E-state index contributed by atoms with van der Waals surface area (Å²) in [7, 11) is -1.34. The molecule has 0 unspecified atom stereocenters. The Hall–Kier alpha value is -2.89. The fourth-order valence-corrected chi connectivity index (χ4v) is 2.31. The van der Waals surface area contributed by atoms with Crippen LogP contribution in [0.15, 0.2) is 91.3 Å². The highest BCUT2D eigenvalue weighted by Gasteiger charge is 2.07. The molecule has 2 aromatic carbocycles. The van der Waals surface area contributed by atoms with Crippen molar-refractivity contribution < 1.29 is 10.0 Å². The summed E-state index contributed by atoms with van der Waals surface area (Å²) in [6.45, 7) is 0. The summed E-state index contributed by atoms with van der Waals surface area (Å²) in [5, 5.41) is 17.2. The Morgan fingerprint density at radius 3 is 1.96 bits per heavy atom. The molecule has 0 aliphatic carbocycles. The normalized spacial score (nSPS) is 10.1. The summed E-state index contributed by atoms with van der Waals surface area (Å²) in [6, 6.07) is 24.9. The number of benzene rings is 2. The van der Waals surface area contributed by atoms with Gasteiger partial charge in [-0.1, -0.05) is 66.7 Å². The third-order valence-corrected chi connectivity index (χ3v) is 3.53. The molecule has 5 heteroatoms. The van der Waals surface area contributed by atoms with Crippen LogP contribution >= 0.6 is 0 Å². The fourth-order valence-electron chi connectivity index (χ4n) is 2.31. The van der Waals surface area contributed by atoms with Gasteiger partial charge in [0.25, 0.3) is 0 Å². The average Bonchev–Trinajstić information content (AvgIpc) is 3.08. The van der Waals surface area contributed by atoms with Crippen molar-refractivity contribution in [3.63, 3.8) is 0 Å². The SMILES string of the molecule is OB(O)c1ccccc1.c1ccc(-c2cn3ccccc3n2)cc1. The summed E-state index contributed by atoms with van der Waals surface area (Å²) < 4.78 is 2.03. The van der Waals surface area contributed by atoms with E-state index in [2.05, 4.69) is 17.1 Å². The number of hydrogen-bond donors (Lipinski definition) is 2. The molecule has 118 valence electrons. The minimum atomic E-state index is -1.34. The van der Waals surface area contributed by atoms with Crippen molar-refractivity contribution in [3.05, 3.63) is 91.3 Å². The van der Waals surface area contributed by atoms with Crippen molar-refractivity contribution in [2.45, 2.75) is 0 Å². The van der Waals surface area contributed by atoms with Crippen molar-refractivity contribution in [1.29, 1.82) is 0 Å². The Morgan fingerprint density at radius 1 is 0.750 bits per heavy atom. The lowest BCUT2D eigenvalue weighted by Gasteiger charge is -1.94. The summed E-state index contributed by atoms with van der Waals surface area (Å²) >= 11 is 0. The number of imidazole rings is 1. The Kier molecular flexibility index (Phi) is 5.06. The second-order valence-electron chi connectivity index (χ2n) is 5.24. The number of nitrogens with zero attached hydrogens (tertiary/aromatic N) is 2. The van der Waals surface area contributed by atoms with Gasteiger partial charge in [0, 0.05) is 18.0 Å². The predicted molar refractivity (Wildman–Crippen MR) is 96.9 cm³/mol. The Bertz CT molecular complexity index is 860. The quantitative estimate of drug-likeness (QED) is 0.558. The second-order valence-corrected chi connectivity index (χ2v) is 5.24. The highest BCUT2D eigenvalue weighted by molar-refractivity contribution is 6.58. The Morgan fingerprint density at radius 2 is 1.38 bits per heavy atom. The number of aromatic nitrogens is 2. The minimum absolute atomic E-state index is 0.525. The summed E-state index contributed by atoms with van der Waals surface area (Å²) in [6.07, 6.45) is 4.06. The highest BCUT2D eigenvalue weighted by Crippen LogP contribution is 2.18. The summed E-state index contributed by atoms with van der Waals surface area (Å²) in [4.78, 5) is 4.55. The van der Waals surface area contributed by atoms with E-state index in [9.17, 15) is 0 Å². The van der Waals surface area contributed by atoms with E-state index in [0.29, 0.717) is 5.46 Å². The van der Waals surface area contributed by atoms with E-state index < -0.39 is 7.12 Å². The van der Waals surface area contributed by atoms with E-state index in [1.807, 2.05) is 59.3 Å². The molecule has 0 fully saturated rings. The van der Waals surface area contributed by atoms with Crippen LogP contribution in [0.2, 0.25) is 0 Å². The first-order valence-corrected chi connectivity index (χ1v) is 7.64. The number of hydrogen-bond acceptors (Lipinski definition) is 3. The molecule has 0 aliphatic rings. The molecular formula is C19H17BN2O2. The number of fused-ring (bicyclic) bond motifs is 1. The van der Waals surface area contributed by atoms with Crippen LogP contribution in [0.3, 0.4) is 0 Å². The van der Waals surface area contributed by atoms with Gasteiger partial charge in [-0.2, -0.15) is 0 Å². The maximum atomic E-state index is 8.58. The lowest BCUT2D eigenvalue weighted by atomic mass is 9.81. The molecule has 0 aliphatic heterocycles. The molecule has 0 spiro atoms. The van der Waals surface area contributed by atoms with Gasteiger partial charge < -0.3 is 14.4 Å². The molecule has 0 bridgehead atoms. The maximum Gasteiger partial charge on any atom is 0.488 e. The molecule has 2 heterocycles. The van der Waals surface area contributed by atoms with E-state index >= 15 is 0 Å². The van der Waals surface area contributed by atoms with Gasteiger partial charge in [-0.15, -0.1) is 0 Å². The van der Waals surface area contributed by atoms with Crippen molar-refractivity contribution in [3.8, 4) is 11.3 Å². The minimum Gasteiger partial charge on any atom is -0.423 e. The van der Waals surface area contributed by atoms with Gasteiger partial charge in [0.1, 0.15) is 5.65 Å². The van der Waals surface area contributed by atoms with E-state index in [1.165, 1.54) is 0 Å². The Balaban J connectivity index is 0.000000162. The smallest absolute Gasteiger partial charge is 0.423 e. The molecule has 0 saturated heterocycles. The third-order valence-electron chi connectivity index (χ3n) is 3.53. The summed E-state index contributed by atoms with van der Waals surface area (Å²) in [5.41, 5.74) is 3.68. The average molecular weight is 316 g/mol. The molecule has 4 rings (SSSR count). The molecule has 24 heavy (non-hydrogen) atoms. The van der Waals surface area contributed by atoms with Gasteiger partial charge in [-0.25, -0.2) is 4.98 Å². The number of rotatable bonds is 2. The van der Waals surface area contributed by atoms with E-state index in [4.69, 9.17) is 10.0 Å². The Labute approximate surface area is 140 Å². The van der Waals surface area contributed by atoms with Crippen molar-refractivity contribution in [1.82, 2.24) is 9.38 Å². The zero-order valence-electron chi connectivity index (χ0n) is 13.0. The van der Waals surface area contributed by atoms with Gasteiger partial charge in [0.2, 0.25) is 0 Å². The molecular weight excluding hydrogens is 299 g/mol. The molecule has 2 N–H and O–H groups in total. The van der Waals surface area contributed by atoms with Crippen molar-refractivity contribution in [2.24, 2.45) is 0 Å². The van der Waals surface area contributed by atoms with Crippen LogP contribution in [0.1, 0.15) is 0 Å². The molecule has 4 nitrogen and oxygen atoms in total. The van der Waals surface area contributed by atoms with Crippen LogP contribution in [0.25, 0.3) is 16.9 Å². The van der Waals surface area contributed by atoms with Crippen LogP contribution in [0.4, 0.5) is 0 Å². The van der Waals surface area contributed by atoms with Crippen LogP contribution in [-0.4, -0.2) is 26.6 Å². The highest BCUT2D eigenvalue weighted by atomic mass is 16.4. The van der Waals surface area contributed by atoms with Crippen LogP contribution in [0, 0.1) is 0 Å². The third kappa shape index (κ3) is 3.90. The first-order chi connectivity index (χ1) is 11.7. The van der Waals surface area contributed by atoms with Crippen molar-refractivity contribution in [2.75, 3.05) is 0 Å². The standard InChI is InChI=1S/C13H10N2.C6H7BO2/c1-2-6-11(7-3-1)12-10-15-9-5-4-8-13(15)14-12;8-7(9)6-4-2-1-3-5-6/h1-10H;1-5,8-9H. The van der Waals surface area contributed by atoms with E-state index in [-0.39, 0.29) is 0 Å². The van der Waals surface area contributed by atoms with Gasteiger partial charge in [-0.3, -0.25) is 0 Å². The van der Waals surface area contributed by atoms with Gasteiger partial charge in [0.15, 0.2) is 0 Å². The fraction of sp³-hybridized carbons (Fsp3) is 0. The lowest BCUT2D eigenvalue weighted by Crippen LogP contribution is -2.29. The van der Waals surface area contributed by atoms with Gasteiger partial charge in [-0.05, 0) is 17.6 Å². The van der Waals surface area contributed by atoms with Crippen LogP contribution < -0.4 is 5.46 Å². The summed E-state index contributed by atoms with van der Waals surface area (Å²) in [5.74, 6) is 0. The monoisotopic (exact) mass is 316 g/mol. The lowest BCUT2D eigenvalue weighted by molar-refractivity contribution is 0.426. The van der Waals surface area contributed by atoms with Gasteiger partial charge in [0.05, 0.1) is 5.69 Å². The molecule has 0 amide bonds. The van der Waals surface area contributed by atoms with Crippen LogP contribution in [-0.2, 0) is 0 Å². The van der Waals surface area contributed by atoms with Crippen LogP contribution in [0.5, 0.6) is 0 Å². The zero-order chi connectivity index (χ0) is 16.8. The molecule has 0 saturated carbocycles. The van der Waals surface area contributed by atoms with E-state index in [1.54, 1.807) is 24.3 Å². The van der Waals surface area contributed by atoms with Crippen molar-refractivity contribution >= 4 is 18.2 Å².